The lowest BCUT2D eigenvalue weighted by Gasteiger charge is -2.41. The summed E-state index contributed by atoms with van der Waals surface area (Å²) in [5.74, 6) is 5.76. The Balaban J connectivity index is 1.43. The van der Waals surface area contributed by atoms with Gasteiger partial charge in [-0.2, -0.15) is 0 Å². The van der Waals surface area contributed by atoms with Crippen LogP contribution in [0.3, 0.4) is 0 Å². The van der Waals surface area contributed by atoms with Crippen molar-refractivity contribution in [3.05, 3.63) is 34.2 Å². The van der Waals surface area contributed by atoms with Crippen LogP contribution in [-0.4, -0.2) is 70.8 Å². The number of imide groups is 1. The third-order valence-electron chi connectivity index (χ3n) is 6.22. The molecule has 31 heavy (non-hydrogen) atoms. The van der Waals surface area contributed by atoms with Crippen LogP contribution in [0.5, 0.6) is 0 Å². The lowest BCUT2D eigenvalue weighted by atomic mass is 10.1. The Bertz CT molecular complexity index is 1160. The van der Waals surface area contributed by atoms with Crippen LogP contribution in [0.2, 0.25) is 0 Å². The molecule has 3 aliphatic heterocycles. The molecule has 3 fully saturated rings. The molecule has 9 nitrogen and oxygen atoms in total. The molecule has 2 aromatic rings. The lowest BCUT2D eigenvalue weighted by molar-refractivity contribution is -0.135. The van der Waals surface area contributed by atoms with Gasteiger partial charge in [-0.05, 0) is 18.6 Å². The standard InChI is InChI=1S/C22H25N5O4/c1-25-20-14(5-3-9-26-10-15-12-31-13-16(11-26)23-15)4-2-6-17(20)27(22(25)30)18-7-8-19(28)24-21(18)29/h2,4,6,15-16,18,23H,7-13H2,1H3,(H,24,28,29). The first-order valence-electron chi connectivity index (χ1n) is 10.6. The van der Waals surface area contributed by atoms with E-state index >= 15 is 0 Å². The highest BCUT2D eigenvalue weighted by molar-refractivity contribution is 6.00. The number of nitrogens with zero attached hydrogens (tertiary/aromatic N) is 3. The van der Waals surface area contributed by atoms with Crippen molar-refractivity contribution in [3.8, 4) is 11.8 Å². The quantitative estimate of drug-likeness (QED) is 0.492. The van der Waals surface area contributed by atoms with Gasteiger partial charge in [0.15, 0.2) is 0 Å². The molecule has 0 aliphatic carbocycles. The average molecular weight is 423 g/mol. The summed E-state index contributed by atoms with van der Waals surface area (Å²) in [6.45, 7) is 3.91. The highest BCUT2D eigenvalue weighted by Crippen LogP contribution is 2.24. The van der Waals surface area contributed by atoms with E-state index in [0.717, 1.165) is 31.9 Å². The number of fused-ring (bicyclic) bond motifs is 3. The number of piperidine rings is 1. The van der Waals surface area contributed by atoms with Gasteiger partial charge in [0, 0.05) is 38.6 Å². The number of rotatable bonds is 2. The molecule has 0 radical (unpaired) electrons. The minimum atomic E-state index is -0.695. The maximum Gasteiger partial charge on any atom is 0.329 e. The summed E-state index contributed by atoms with van der Waals surface area (Å²) >= 11 is 0. The van der Waals surface area contributed by atoms with E-state index in [0.29, 0.717) is 36.1 Å². The summed E-state index contributed by atoms with van der Waals surface area (Å²) in [5.41, 5.74) is 1.83. The van der Waals surface area contributed by atoms with Crippen LogP contribution in [0.4, 0.5) is 0 Å². The zero-order valence-corrected chi connectivity index (χ0v) is 17.4. The van der Waals surface area contributed by atoms with Gasteiger partial charge in [-0.25, -0.2) is 4.79 Å². The monoisotopic (exact) mass is 423 g/mol. The molecular formula is C22H25N5O4. The normalized spacial score (nSPS) is 26.4. The molecule has 2 amide bonds. The second kappa shape index (κ2) is 7.96. The number of nitrogens with one attached hydrogen (secondary N) is 2. The number of para-hydroxylation sites is 1. The van der Waals surface area contributed by atoms with E-state index in [4.69, 9.17) is 4.74 Å². The van der Waals surface area contributed by atoms with Gasteiger partial charge < -0.3 is 10.1 Å². The Hall–Kier alpha value is -2.93. The summed E-state index contributed by atoms with van der Waals surface area (Å²) in [5, 5.41) is 5.90. The molecule has 3 aliphatic rings. The fourth-order valence-corrected chi connectivity index (χ4v) is 4.84. The number of morpholine rings is 1. The molecule has 162 valence electrons. The van der Waals surface area contributed by atoms with Crippen molar-refractivity contribution in [2.45, 2.75) is 31.0 Å². The van der Waals surface area contributed by atoms with Crippen LogP contribution < -0.4 is 16.3 Å². The van der Waals surface area contributed by atoms with Crippen molar-refractivity contribution in [2.75, 3.05) is 32.8 Å². The number of piperazine rings is 1. The SMILES string of the molecule is Cn1c(=O)n(C2CCC(=O)NC2=O)c2cccc(C#CCN3CC4COCC(C3)N4)c21. The predicted octanol–water partition coefficient (Wildman–Crippen LogP) is -0.658. The van der Waals surface area contributed by atoms with Crippen LogP contribution in [0.1, 0.15) is 24.4 Å². The molecule has 3 atom stereocenters. The summed E-state index contributed by atoms with van der Waals surface area (Å²) < 4.78 is 8.61. The molecule has 5 rings (SSSR count). The fraction of sp³-hybridized carbons (Fsp3) is 0.500. The summed E-state index contributed by atoms with van der Waals surface area (Å²) in [6.07, 6.45) is 0.533. The van der Waals surface area contributed by atoms with E-state index in [2.05, 4.69) is 27.4 Å². The number of benzene rings is 1. The van der Waals surface area contributed by atoms with Crippen LogP contribution in [0, 0.1) is 11.8 Å². The van der Waals surface area contributed by atoms with Gasteiger partial charge in [-0.15, -0.1) is 0 Å². The van der Waals surface area contributed by atoms with Crippen molar-refractivity contribution in [1.82, 2.24) is 24.7 Å². The van der Waals surface area contributed by atoms with E-state index < -0.39 is 11.9 Å². The molecule has 1 aromatic carbocycles. The third-order valence-corrected chi connectivity index (χ3v) is 6.22. The summed E-state index contributed by atoms with van der Waals surface area (Å²) in [6, 6.07) is 5.56. The highest BCUT2D eigenvalue weighted by atomic mass is 16.5. The number of hydrogen-bond donors (Lipinski definition) is 2. The van der Waals surface area contributed by atoms with Gasteiger partial charge in [0.25, 0.3) is 0 Å². The topological polar surface area (TPSA) is 97.6 Å². The van der Waals surface area contributed by atoms with Crippen molar-refractivity contribution >= 4 is 22.8 Å². The minimum Gasteiger partial charge on any atom is -0.378 e. The fourth-order valence-electron chi connectivity index (χ4n) is 4.84. The van der Waals surface area contributed by atoms with E-state index in [1.807, 2.05) is 18.2 Å². The number of imidazole rings is 1. The van der Waals surface area contributed by atoms with Gasteiger partial charge in [-0.1, -0.05) is 17.9 Å². The molecule has 1 aromatic heterocycles. The highest BCUT2D eigenvalue weighted by Gasteiger charge is 2.32. The molecule has 2 N–H and O–H groups in total. The van der Waals surface area contributed by atoms with E-state index in [-0.39, 0.29) is 18.0 Å². The van der Waals surface area contributed by atoms with Crippen molar-refractivity contribution in [3.63, 3.8) is 0 Å². The van der Waals surface area contributed by atoms with Crippen molar-refractivity contribution < 1.29 is 14.3 Å². The lowest BCUT2D eigenvalue weighted by Crippen LogP contribution is -2.62. The average Bonchev–Trinajstić information content (AvgIpc) is 2.99. The van der Waals surface area contributed by atoms with Crippen LogP contribution >= 0.6 is 0 Å². The molecule has 3 saturated heterocycles. The second-order valence-corrected chi connectivity index (χ2v) is 8.45. The number of hydrogen-bond acceptors (Lipinski definition) is 6. The molecule has 4 heterocycles. The number of carbonyl (C=O) groups is 2. The Kier molecular flexibility index (Phi) is 5.14. The first-order valence-corrected chi connectivity index (χ1v) is 10.6. The molecule has 2 bridgehead atoms. The van der Waals surface area contributed by atoms with Crippen LogP contribution in [-0.2, 0) is 21.4 Å². The number of aromatic nitrogens is 2. The van der Waals surface area contributed by atoms with Gasteiger partial charge >= 0.3 is 5.69 Å². The predicted molar refractivity (Wildman–Crippen MR) is 113 cm³/mol. The van der Waals surface area contributed by atoms with E-state index in [1.165, 1.54) is 9.13 Å². The smallest absolute Gasteiger partial charge is 0.329 e. The van der Waals surface area contributed by atoms with Crippen molar-refractivity contribution in [1.29, 1.82) is 0 Å². The Morgan fingerprint density at radius 3 is 2.68 bits per heavy atom. The number of ether oxygens (including phenoxy) is 1. The third kappa shape index (κ3) is 3.67. The van der Waals surface area contributed by atoms with Crippen molar-refractivity contribution in [2.24, 2.45) is 7.05 Å². The Morgan fingerprint density at radius 1 is 1.16 bits per heavy atom. The number of aryl methyl sites for hydroxylation is 1. The van der Waals surface area contributed by atoms with Gasteiger partial charge in [0.2, 0.25) is 11.8 Å². The zero-order valence-electron chi connectivity index (χ0n) is 17.4. The zero-order chi connectivity index (χ0) is 21.5. The van der Waals surface area contributed by atoms with E-state index in [9.17, 15) is 14.4 Å². The minimum absolute atomic E-state index is 0.219. The maximum atomic E-state index is 13.0. The Labute approximate surface area is 179 Å². The molecule has 0 spiro atoms. The molecule has 9 heteroatoms. The molecule has 0 saturated carbocycles. The van der Waals surface area contributed by atoms with Gasteiger partial charge in [0.05, 0.1) is 36.4 Å². The second-order valence-electron chi connectivity index (χ2n) is 8.45. The molecule has 3 unspecified atom stereocenters. The number of carbonyl (C=O) groups excluding carboxylic acids is 2. The summed E-state index contributed by atoms with van der Waals surface area (Å²) in [4.78, 5) is 39.2. The maximum absolute atomic E-state index is 13.0. The van der Waals surface area contributed by atoms with Crippen LogP contribution in [0.25, 0.3) is 11.0 Å². The first-order chi connectivity index (χ1) is 15.0. The number of amides is 2. The largest absolute Gasteiger partial charge is 0.378 e. The van der Waals surface area contributed by atoms with Gasteiger partial charge in [-0.3, -0.25) is 28.9 Å². The van der Waals surface area contributed by atoms with Gasteiger partial charge in [0.1, 0.15) is 6.04 Å². The summed E-state index contributed by atoms with van der Waals surface area (Å²) in [7, 11) is 1.69. The Morgan fingerprint density at radius 2 is 1.94 bits per heavy atom. The molecular weight excluding hydrogens is 398 g/mol. The van der Waals surface area contributed by atoms with Crippen LogP contribution in [0.15, 0.2) is 23.0 Å². The van der Waals surface area contributed by atoms with E-state index in [1.54, 1.807) is 7.05 Å². The first kappa shape index (κ1) is 20.0.